The molecule has 0 bridgehead atoms. The van der Waals surface area contributed by atoms with Gasteiger partial charge < -0.3 is 21.7 Å². The highest BCUT2D eigenvalue weighted by atomic mass is 32.1. The molecule has 1 aromatic rings. The number of nitrogens with two attached hydrogens (primary N) is 1. The summed E-state index contributed by atoms with van der Waals surface area (Å²) in [7, 11) is 0. The van der Waals surface area contributed by atoms with Gasteiger partial charge in [-0.2, -0.15) is 0 Å². The number of rotatable bonds is 8. The smallest absolute Gasteiger partial charge is 0.261 e. The Morgan fingerprint density at radius 3 is 2.45 bits per heavy atom. The minimum absolute atomic E-state index is 0.00975. The molecular formula is C14H22N4O3S. The van der Waals surface area contributed by atoms with Crippen LogP contribution in [0.2, 0.25) is 0 Å². The number of carbonyl (C=O) groups excluding carboxylic acids is 3. The number of nitrogens with one attached hydrogen (secondary N) is 3. The predicted molar refractivity (Wildman–Crippen MR) is 85.5 cm³/mol. The highest BCUT2D eigenvalue weighted by Gasteiger charge is 2.17. The van der Waals surface area contributed by atoms with Crippen LogP contribution in [0.5, 0.6) is 0 Å². The molecule has 0 aliphatic carbocycles. The summed E-state index contributed by atoms with van der Waals surface area (Å²) in [4.78, 5) is 35.3. The second-order valence-electron chi connectivity index (χ2n) is 5.07. The van der Waals surface area contributed by atoms with E-state index in [1.165, 1.54) is 11.3 Å². The minimum atomic E-state index is -0.627. The predicted octanol–water partition coefficient (Wildman–Crippen LogP) is -0.306. The van der Waals surface area contributed by atoms with Crippen molar-refractivity contribution in [1.29, 1.82) is 0 Å². The maximum absolute atomic E-state index is 11.6. The summed E-state index contributed by atoms with van der Waals surface area (Å²) in [5.74, 6) is -0.832. The first kappa shape index (κ1) is 18.1. The SMILES string of the molecule is CC(C)[C@H](N)C(=O)NCC(=O)NCCNC(=O)c1cccs1. The van der Waals surface area contributed by atoms with Crippen LogP contribution in [0.3, 0.4) is 0 Å². The number of carbonyl (C=O) groups is 3. The first-order valence-electron chi connectivity index (χ1n) is 7.03. The number of amides is 3. The molecule has 1 heterocycles. The van der Waals surface area contributed by atoms with E-state index in [1.807, 2.05) is 19.2 Å². The van der Waals surface area contributed by atoms with Crippen LogP contribution in [0.4, 0.5) is 0 Å². The fourth-order valence-electron chi connectivity index (χ4n) is 1.52. The van der Waals surface area contributed by atoms with Gasteiger partial charge in [-0.1, -0.05) is 19.9 Å². The maximum Gasteiger partial charge on any atom is 0.261 e. The van der Waals surface area contributed by atoms with Crippen LogP contribution in [-0.4, -0.2) is 43.4 Å². The Labute approximate surface area is 133 Å². The van der Waals surface area contributed by atoms with E-state index in [1.54, 1.807) is 12.1 Å². The van der Waals surface area contributed by atoms with Crippen molar-refractivity contribution in [3.63, 3.8) is 0 Å². The first-order valence-corrected chi connectivity index (χ1v) is 7.91. The van der Waals surface area contributed by atoms with Gasteiger partial charge in [0.15, 0.2) is 0 Å². The van der Waals surface area contributed by atoms with E-state index in [9.17, 15) is 14.4 Å². The third-order valence-electron chi connectivity index (χ3n) is 2.92. The van der Waals surface area contributed by atoms with Gasteiger partial charge in [0, 0.05) is 13.1 Å². The van der Waals surface area contributed by atoms with Gasteiger partial charge >= 0.3 is 0 Å². The maximum atomic E-state index is 11.6. The molecule has 122 valence electrons. The van der Waals surface area contributed by atoms with Crippen molar-refractivity contribution in [3.8, 4) is 0 Å². The molecule has 0 spiro atoms. The van der Waals surface area contributed by atoms with Crippen molar-refractivity contribution in [3.05, 3.63) is 22.4 Å². The van der Waals surface area contributed by atoms with Gasteiger partial charge in [0.25, 0.3) is 5.91 Å². The van der Waals surface area contributed by atoms with E-state index < -0.39 is 6.04 Å². The van der Waals surface area contributed by atoms with Crippen molar-refractivity contribution >= 4 is 29.1 Å². The third-order valence-corrected chi connectivity index (χ3v) is 3.79. The first-order chi connectivity index (χ1) is 10.4. The van der Waals surface area contributed by atoms with Crippen LogP contribution in [-0.2, 0) is 9.59 Å². The lowest BCUT2D eigenvalue weighted by Gasteiger charge is -2.15. The molecule has 5 N–H and O–H groups in total. The molecule has 0 aliphatic heterocycles. The van der Waals surface area contributed by atoms with Gasteiger partial charge in [-0.25, -0.2) is 0 Å². The summed E-state index contributed by atoms with van der Waals surface area (Å²) in [6.45, 7) is 4.16. The average molecular weight is 326 g/mol. The van der Waals surface area contributed by atoms with Gasteiger partial charge in [0.2, 0.25) is 11.8 Å². The van der Waals surface area contributed by atoms with E-state index >= 15 is 0 Å². The van der Waals surface area contributed by atoms with Crippen molar-refractivity contribution in [2.24, 2.45) is 11.7 Å². The molecule has 22 heavy (non-hydrogen) atoms. The standard InChI is InChI=1S/C14H22N4O3S/c1-9(2)12(15)14(21)18-8-11(19)16-5-6-17-13(20)10-4-3-7-22-10/h3-4,7,9,12H,5-6,8,15H2,1-2H3,(H,16,19)(H,17,20)(H,18,21)/t12-/m0/s1. The van der Waals surface area contributed by atoms with E-state index in [0.717, 1.165) is 0 Å². The second-order valence-corrected chi connectivity index (χ2v) is 6.02. The molecule has 1 aromatic heterocycles. The van der Waals surface area contributed by atoms with Crippen LogP contribution in [0.25, 0.3) is 0 Å². The Bertz CT molecular complexity index is 502. The molecule has 0 fully saturated rings. The Morgan fingerprint density at radius 2 is 1.86 bits per heavy atom. The zero-order chi connectivity index (χ0) is 16.5. The monoisotopic (exact) mass is 326 g/mol. The lowest BCUT2D eigenvalue weighted by Crippen LogP contribution is -2.47. The molecule has 0 aliphatic rings. The van der Waals surface area contributed by atoms with E-state index in [4.69, 9.17) is 5.73 Å². The fraction of sp³-hybridized carbons (Fsp3) is 0.500. The molecule has 1 atom stereocenters. The zero-order valence-corrected chi connectivity index (χ0v) is 13.5. The molecule has 0 radical (unpaired) electrons. The van der Waals surface area contributed by atoms with Crippen molar-refractivity contribution < 1.29 is 14.4 Å². The van der Waals surface area contributed by atoms with Crippen LogP contribution in [0, 0.1) is 5.92 Å². The third kappa shape index (κ3) is 6.23. The molecule has 3 amide bonds. The molecule has 7 nitrogen and oxygen atoms in total. The lowest BCUT2D eigenvalue weighted by atomic mass is 10.1. The van der Waals surface area contributed by atoms with E-state index in [0.29, 0.717) is 18.0 Å². The van der Waals surface area contributed by atoms with Crippen molar-refractivity contribution in [1.82, 2.24) is 16.0 Å². The van der Waals surface area contributed by atoms with Crippen LogP contribution in [0.1, 0.15) is 23.5 Å². The molecule has 0 unspecified atom stereocenters. The summed E-state index contributed by atoms with van der Waals surface area (Å²) >= 11 is 1.35. The molecule has 8 heteroatoms. The van der Waals surface area contributed by atoms with E-state index in [2.05, 4.69) is 16.0 Å². The minimum Gasteiger partial charge on any atom is -0.353 e. The second kappa shape index (κ2) is 9.16. The zero-order valence-electron chi connectivity index (χ0n) is 12.7. The quantitative estimate of drug-likeness (QED) is 0.491. The summed E-state index contributed by atoms with van der Waals surface area (Å²) in [6.07, 6.45) is 0. The highest BCUT2D eigenvalue weighted by Crippen LogP contribution is 2.07. The molecule has 0 saturated heterocycles. The average Bonchev–Trinajstić information content (AvgIpc) is 3.02. The van der Waals surface area contributed by atoms with Crippen LogP contribution in [0.15, 0.2) is 17.5 Å². The van der Waals surface area contributed by atoms with Gasteiger partial charge in [-0.05, 0) is 17.4 Å². The Hall–Kier alpha value is -1.93. The van der Waals surface area contributed by atoms with Gasteiger partial charge in [0.1, 0.15) is 0 Å². The summed E-state index contributed by atoms with van der Waals surface area (Å²) in [5, 5.41) is 9.58. The Kier molecular flexibility index (Phi) is 7.55. The van der Waals surface area contributed by atoms with Gasteiger partial charge in [-0.3, -0.25) is 14.4 Å². The number of thiophene rings is 1. The van der Waals surface area contributed by atoms with E-state index in [-0.39, 0.29) is 30.2 Å². The van der Waals surface area contributed by atoms with Crippen molar-refractivity contribution in [2.45, 2.75) is 19.9 Å². The Morgan fingerprint density at radius 1 is 1.18 bits per heavy atom. The topological polar surface area (TPSA) is 113 Å². The molecule has 0 aromatic carbocycles. The fourth-order valence-corrected chi connectivity index (χ4v) is 2.16. The van der Waals surface area contributed by atoms with Gasteiger partial charge in [-0.15, -0.1) is 11.3 Å². The number of hydrogen-bond donors (Lipinski definition) is 4. The lowest BCUT2D eigenvalue weighted by molar-refractivity contribution is -0.127. The number of hydrogen-bond acceptors (Lipinski definition) is 5. The largest absolute Gasteiger partial charge is 0.353 e. The van der Waals surface area contributed by atoms with Crippen molar-refractivity contribution in [2.75, 3.05) is 19.6 Å². The Balaban J connectivity index is 2.13. The molecular weight excluding hydrogens is 304 g/mol. The summed E-state index contributed by atoms with van der Waals surface area (Å²) in [6, 6.07) is 2.90. The van der Waals surface area contributed by atoms with Crippen LogP contribution >= 0.6 is 11.3 Å². The van der Waals surface area contributed by atoms with Crippen LogP contribution < -0.4 is 21.7 Å². The normalized spacial score (nSPS) is 11.8. The summed E-state index contributed by atoms with van der Waals surface area (Å²) < 4.78 is 0. The molecule has 0 saturated carbocycles. The molecule has 1 rings (SSSR count). The van der Waals surface area contributed by atoms with Gasteiger partial charge in [0.05, 0.1) is 17.5 Å². The highest BCUT2D eigenvalue weighted by molar-refractivity contribution is 7.12. The summed E-state index contributed by atoms with van der Waals surface area (Å²) in [5.41, 5.74) is 5.66.